The Hall–Kier alpha value is -0.580. The summed E-state index contributed by atoms with van der Waals surface area (Å²) in [4.78, 5) is 13.7. The molecule has 2 nitrogen and oxygen atoms in total. The second-order valence-electron chi connectivity index (χ2n) is 3.77. The highest BCUT2D eigenvalue weighted by Crippen LogP contribution is 2.18. The second-order valence-corrected chi connectivity index (χ2v) is 4.85. The van der Waals surface area contributed by atoms with Crippen molar-refractivity contribution in [2.24, 2.45) is 0 Å². The molecule has 0 saturated carbocycles. The van der Waals surface area contributed by atoms with Crippen LogP contribution in [-0.4, -0.2) is 21.8 Å². The van der Waals surface area contributed by atoms with Crippen molar-refractivity contribution in [2.45, 2.75) is 19.4 Å². The summed E-state index contributed by atoms with van der Waals surface area (Å²) in [5.74, 6) is 0.291. The number of carbonyl (C=O) groups excluding carboxylic acids is 1. The van der Waals surface area contributed by atoms with E-state index in [1.807, 2.05) is 11.0 Å². The van der Waals surface area contributed by atoms with E-state index in [9.17, 15) is 4.79 Å². The van der Waals surface area contributed by atoms with E-state index >= 15 is 0 Å². The molecule has 1 heterocycles. The Bertz CT molecular complexity index is 364. The average molecular weight is 315 g/mol. The van der Waals surface area contributed by atoms with Crippen molar-refractivity contribution >= 4 is 28.5 Å². The molecular weight excluding hydrogens is 301 g/mol. The summed E-state index contributed by atoms with van der Waals surface area (Å²) in [6, 6.07) is 8.40. The van der Waals surface area contributed by atoms with Gasteiger partial charge in [0.1, 0.15) is 0 Å². The van der Waals surface area contributed by atoms with Gasteiger partial charge in [0.25, 0.3) is 0 Å². The predicted molar refractivity (Wildman–Crippen MR) is 69.1 cm³/mol. The first-order chi connectivity index (χ1) is 7.31. The van der Waals surface area contributed by atoms with E-state index in [-0.39, 0.29) is 0 Å². The fourth-order valence-corrected chi connectivity index (χ4v) is 2.41. The highest BCUT2D eigenvalue weighted by atomic mass is 127. The van der Waals surface area contributed by atoms with Crippen molar-refractivity contribution < 1.29 is 4.79 Å². The average Bonchev–Trinajstić information content (AvgIpc) is 2.29. The number of hydrogen-bond acceptors (Lipinski definition) is 1. The van der Waals surface area contributed by atoms with Crippen LogP contribution in [0, 0.1) is 0 Å². The lowest BCUT2D eigenvalue weighted by Crippen LogP contribution is -2.35. The van der Waals surface area contributed by atoms with Gasteiger partial charge in [-0.1, -0.05) is 46.9 Å². The molecule has 0 aliphatic carbocycles. The number of rotatable bonds is 2. The molecule has 0 aromatic heterocycles. The number of nitrogens with zero attached hydrogens (tertiary/aromatic N) is 1. The van der Waals surface area contributed by atoms with Gasteiger partial charge in [0.05, 0.1) is 0 Å². The Kier molecular flexibility index (Phi) is 3.61. The zero-order chi connectivity index (χ0) is 10.7. The molecule has 2 rings (SSSR count). The Labute approximate surface area is 104 Å². The van der Waals surface area contributed by atoms with Crippen molar-refractivity contribution in [3.63, 3.8) is 0 Å². The predicted octanol–water partition coefficient (Wildman–Crippen LogP) is 2.40. The van der Waals surface area contributed by atoms with Crippen molar-refractivity contribution in [1.29, 1.82) is 0 Å². The molecule has 0 spiro atoms. The van der Waals surface area contributed by atoms with Crippen LogP contribution < -0.4 is 0 Å². The van der Waals surface area contributed by atoms with Crippen LogP contribution in [0.25, 0.3) is 0 Å². The quantitative estimate of drug-likeness (QED) is 0.606. The van der Waals surface area contributed by atoms with Gasteiger partial charge in [0.2, 0.25) is 5.91 Å². The third kappa shape index (κ3) is 2.51. The molecule has 15 heavy (non-hydrogen) atoms. The molecule has 0 atom stereocenters. The third-order valence-corrected chi connectivity index (χ3v) is 3.33. The van der Waals surface area contributed by atoms with Crippen molar-refractivity contribution in [3.8, 4) is 0 Å². The molecule has 1 aliphatic rings. The van der Waals surface area contributed by atoms with E-state index in [2.05, 4.69) is 40.8 Å². The van der Waals surface area contributed by atoms with Gasteiger partial charge in [-0.25, -0.2) is 0 Å². The molecule has 1 aromatic carbocycles. The monoisotopic (exact) mass is 315 g/mol. The number of fused-ring (bicyclic) bond motifs is 1. The maximum atomic E-state index is 11.7. The van der Waals surface area contributed by atoms with E-state index in [4.69, 9.17) is 0 Å². The van der Waals surface area contributed by atoms with Gasteiger partial charge in [-0.15, -0.1) is 0 Å². The zero-order valence-electron chi connectivity index (χ0n) is 8.58. The van der Waals surface area contributed by atoms with Crippen LogP contribution >= 0.6 is 22.6 Å². The molecule has 0 fully saturated rings. The van der Waals surface area contributed by atoms with Gasteiger partial charge >= 0.3 is 0 Å². The summed E-state index contributed by atoms with van der Waals surface area (Å²) in [5.41, 5.74) is 2.71. The summed E-state index contributed by atoms with van der Waals surface area (Å²) >= 11 is 2.25. The van der Waals surface area contributed by atoms with E-state index < -0.39 is 0 Å². The van der Waals surface area contributed by atoms with Crippen molar-refractivity contribution in [3.05, 3.63) is 35.4 Å². The topological polar surface area (TPSA) is 20.3 Å². The summed E-state index contributed by atoms with van der Waals surface area (Å²) in [6.07, 6.45) is 1.67. The van der Waals surface area contributed by atoms with Gasteiger partial charge in [0, 0.05) is 23.9 Å². The van der Waals surface area contributed by atoms with Gasteiger partial charge in [-0.2, -0.15) is 0 Å². The van der Waals surface area contributed by atoms with Crippen LogP contribution in [0.2, 0.25) is 0 Å². The second kappa shape index (κ2) is 4.96. The number of hydrogen-bond donors (Lipinski definition) is 0. The van der Waals surface area contributed by atoms with E-state index in [0.29, 0.717) is 12.3 Å². The maximum absolute atomic E-state index is 11.7. The molecule has 3 heteroatoms. The van der Waals surface area contributed by atoms with Crippen LogP contribution in [0.15, 0.2) is 24.3 Å². The third-order valence-electron chi connectivity index (χ3n) is 2.79. The minimum Gasteiger partial charge on any atom is -0.338 e. The van der Waals surface area contributed by atoms with Crippen LogP contribution in [0.4, 0.5) is 0 Å². The summed E-state index contributed by atoms with van der Waals surface area (Å²) in [5, 5.41) is 0. The fourth-order valence-electron chi connectivity index (χ4n) is 1.95. The summed E-state index contributed by atoms with van der Waals surface area (Å²) in [7, 11) is 0. The lowest BCUT2D eigenvalue weighted by Gasteiger charge is -2.28. The Morgan fingerprint density at radius 3 is 2.80 bits per heavy atom. The molecule has 0 N–H and O–H groups in total. The van der Waals surface area contributed by atoms with Crippen LogP contribution in [-0.2, 0) is 17.8 Å². The molecular formula is C12H14INO. The number of halogens is 1. The molecule has 0 saturated heterocycles. The normalized spacial score (nSPS) is 14.9. The minimum atomic E-state index is 0.291. The molecule has 1 amide bonds. The van der Waals surface area contributed by atoms with Gasteiger partial charge < -0.3 is 4.90 Å². The molecule has 1 aliphatic heterocycles. The first-order valence-corrected chi connectivity index (χ1v) is 6.74. The zero-order valence-corrected chi connectivity index (χ0v) is 10.7. The first-order valence-electron chi connectivity index (χ1n) is 5.22. The van der Waals surface area contributed by atoms with Gasteiger partial charge in [0.15, 0.2) is 0 Å². The molecule has 0 radical (unpaired) electrons. The standard InChI is InChI=1S/C12H14INO/c13-7-5-12(15)14-8-6-10-3-1-2-4-11(10)9-14/h1-4H,5-9H2. The Balaban J connectivity index is 2.08. The number of alkyl halides is 1. The Morgan fingerprint density at radius 1 is 1.33 bits per heavy atom. The highest BCUT2D eigenvalue weighted by Gasteiger charge is 2.19. The number of amides is 1. The first kappa shape index (κ1) is 10.9. The van der Waals surface area contributed by atoms with Crippen molar-refractivity contribution in [1.82, 2.24) is 4.90 Å². The number of benzene rings is 1. The fraction of sp³-hybridized carbons (Fsp3) is 0.417. The summed E-state index contributed by atoms with van der Waals surface area (Å²) < 4.78 is 0.911. The Morgan fingerprint density at radius 2 is 2.07 bits per heavy atom. The lowest BCUT2D eigenvalue weighted by molar-refractivity contribution is -0.131. The van der Waals surface area contributed by atoms with Crippen LogP contribution in [0.5, 0.6) is 0 Å². The van der Waals surface area contributed by atoms with E-state index in [1.54, 1.807) is 0 Å². The molecule has 1 aromatic rings. The maximum Gasteiger partial charge on any atom is 0.223 e. The van der Waals surface area contributed by atoms with Gasteiger partial charge in [-0.3, -0.25) is 4.79 Å². The van der Waals surface area contributed by atoms with Gasteiger partial charge in [-0.05, 0) is 17.5 Å². The van der Waals surface area contributed by atoms with Crippen LogP contribution in [0.1, 0.15) is 17.5 Å². The minimum absolute atomic E-state index is 0.291. The van der Waals surface area contributed by atoms with E-state index in [0.717, 1.165) is 23.9 Å². The van der Waals surface area contributed by atoms with Crippen LogP contribution in [0.3, 0.4) is 0 Å². The van der Waals surface area contributed by atoms with E-state index in [1.165, 1.54) is 11.1 Å². The number of carbonyl (C=O) groups is 1. The SMILES string of the molecule is O=C(CCI)N1CCc2ccccc2C1. The molecule has 80 valence electrons. The smallest absolute Gasteiger partial charge is 0.223 e. The molecule has 0 unspecified atom stereocenters. The lowest BCUT2D eigenvalue weighted by atomic mass is 10.00. The summed E-state index contributed by atoms with van der Waals surface area (Å²) in [6.45, 7) is 1.68. The molecule has 0 bridgehead atoms. The van der Waals surface area contributed by atoms with Crippen molar-refractivity contribution in [2.75, 3.05) is 11.0 Å². The highest BCUT2D eigenvalue weighted by molar-refractivity contribution is 14.1. The largest absolute Gasteiger partial charge is 0.338 e.